The van der Waals surface area contributed by atoms with Crippen molar-refractivity contribution in [3.05, 3.63) is 42.2 Å². The Bertz CT molecular complexity index is 670. The predicted molar refractivity (Wildman–Crippen MR) is 60.2 cm³/mol. The highest BCUT2D eigenvalue weighted by Gasteiger charge is 2.14. The maximum absolute atomic E-state index is 13.9. The van der Waals surface area contributed by atoms with Crippen molar-refractivity contribution in [3.63, 3.8) is 0 Å². The first-order valence-electron chi connectivity index (χ1n) is 4.95. The van der Waals surface area contributed by atoms with Crippen LogP contribution in [0, 0.1) is 5.82 Å². The first kappa shape index (κ1) is 9.21. The molecule has 0 saturated heterocycles. The third-order valence-electron chi connectivity index (χ3n) is 2.67. The number of halogens is 1. The molecule has 0 unspecified atom stereocenters. The summed E-state index contributed by atoms with van der Waals surface area (Å²) in [5.74, 6) is -0.247. The standard InChI is InChI=1S/C13H9FO2/c1-15-11-7-6-9-8-4-2-3-5-10(8)16-13(9)12(11)14/h2-7H,1H3. The fraction of sp³-hybridized carbons (Fsp3) is 0.0769. The lowest BCUT2D eigenvalue weighted by Gasteiger charge is -2.00. The van der Waals surface area contributed by atoms with Crippen molar-refractivity contribution in [3.8, 4) is 5.75 Å². The van der Waals surface area contributed by atoms with Crippen LogP contribution in [0.25, 0.3) is 21.9 Å². The Morgan fingerprint density at radius 1 is 1.06 bits per heavy atom. The molecule has 0 aliphatic rings. The molecule has 2 aromatic carbocycles. The van der Waals surface area contributed by atoms with Gasteiger partial charge in [-0.05, 0) is 18.2 Å². The monoisotopic (exact) mass is 216 g/mol. The zero-order chi connectivity index (χ0) is 11.1. The molecule has 80 valence electrons. The molecular formula is C13H9FO2. The van der Waals surface area contributed by atoms with Gasteiger partial charge < -0.3 is 9.15 Å². The van der Waals surface area contributed by atoms with Gasteiger partial charge in [0.2, 0.25) is 5.82 Å². The summed E-state index contributed by atoms with van der Waals surface area (Å²) in [5, 5.41) is 1.69. The lowest BCUT2D eigenvalue weighted by molar-refractivity contribution is 0.386. The van der Waals surface area contributed by atoms with Crippen LogP contribution < -0.4 is 4.74 Å². The number of furan rings is 1. The summed E-state index contributed by atoms with van der Waals surface area (Å²) in [6.07, 6.45) is 0. The Balaban J connectivity index is 2.49. The van der Waals surface area contributed by atoms with E-state index in [1.165, 1.54) is 7.11 Å². The molecule has 0 bridgehead atoms. The number of fused-ring (bicyclic) bond motifs is 3. The van der Waals surface area contributed by atoms with Crippen molar-refractivity contribution in [1.29, 1.82) is 0 Å². The lowest BCUT2D eigenvalue weighted by Crippen LogP contribution is -1.87. The summed E-state index contributed by atoms with van der Waals surface area (Å²) in [5.41, 5.74) is 0.935. The second kappa shape index (κ2) is 3.23. The Morgan fingerprint density at radius 3 is 2.69 bits per heavy atom. The zero-order valence-electron chi connectivity index (χ0n) is 8.66. The van der Waals surface area contributed by atoms with Crippen LogP contribution in [0.5, 0.6) is 5.75 Å². The summed E-state index contributed by atoms with van der Waals surface area (Å²) in [6.45, 7) is 0. The Hall–Kier alpha value is -2.03. The second-order valence-electron chi connectivity index (χ2n) is 3.56. The van der Waals surface area contributed by atoms with Crippen LogP contribution in [-0.2, 0) is 0 Å². The number of rotatable bonds is 1. The molecule has 0 radical (unpaired) electrons. The van der Waals surface area contributed by atoms with E-state index in [1.54, 1.807) is 6.07 Å². The highest BCUT2D eigenvalue weighted by Crippen LogP contribution is 2.33. The van der Waals surface area contributed by atoms with Crippen molar-refractivity contribution < 1.29 is 13.5 Å². The second-order valence-corrected chi connectivity index (χ2v) is 3.56. The van der Waals surface area contributed by atoms with E-state index in [-0.39, 0.29) is 11.3 Å². The molecule has 0 spiro atoms. The molecule has 2 nitrogen and oxygen atoms in total. The average Bonchev–Trinajstić information content (AvgIpc) is 2.69. The molecule has 0 amide bonds. The molecule has 0 N–H and O–H groups in total. The molecule has 0 saturated carbocycles. The largest absolute Gasteiger partial charge is 0.494 e. The molecular weight excluding hydrogens is 207 g/mol. The van der Waals surface area contributed by atoms with E-state index in [4.69, 9.17) is 9.15 Å². The number of ether oxygens (including phenoxy) is 1. The highest BCUT2D eigenvalue weighted by atomic mass is 19.1. The van der Waals surface area contributed by atoms with Crippen LogP contribution in [0.2, 0.25) is 0 Å². The van der Waals surface area contributed by atoms with Gasteiger partial charge in [0.25, 0.3) is 0 Å². The van der Waals surface area contributed by atoms with E-state index in [0.717, 1.165) is 10.8 Å². The van der Waals surface area contributed by atoms with E-state index >= 15 is 0 Å². The van der Waals surface area contributed by atoms with E-state index in [1.807, 2.05) is 30.3 Å². The minimum Gasteiger partial charge on any atom is -0.494 e. The average molecular weight is 216 g/mol. The first-order valence-corrected chi connectivity index (χ1v) is 4.95. The molecule has 1 aromatic heterocycles. The molecule has 3 heteroatoms. The van der Waals surface area contributed by atoms with Gasteiger partial charge in [-0.1, -0.05) is 18.2 Å². The maximum atomic E-state index is 13.9. The van der Waals surface area contributed by atoms with Crippen LogP contribution in [0.1, 0.15) is 0 Å². The van der Waals surface area contributed by atoms with Gasteiger partial charge in [0.15, 0.2) is 11.3 Å². The summed E-state index contributed by atoms with van der Waals surface area (Å²) in [6, 6.07) is 10.9. The molecule has 3 rings (SSSR count). The van der Waals surface area contributed by atoms with Crippen LogP contribution in [0.3, 0.4) is 0 Å². The molecule has 0 aliphatic heterocycles. The Morgan fingerprint density at radius 2 is 1.88 bits per heavy atom. The van der Waals surface area contributed by atoms with Crippen molar-refractivity contribution in [2.24, 2.45) is 0 Å². The molecule has 0 atom stereocenters. The van der Waals surface area contributed by atoms with Crippen LogP contribution in [0.15, 0.2) is 40.8 Å². The maximum Gasteiger partial charge on any atom is 0.208 e. The summed E-state index contributed by atoms with van der Waals surface area (Å²) in [4.78, 5) is 0. The third kappa shape index (κ3) is 1.11. The van der Waals surface area contributed by atoms with Gasteiger partial charge in [-0.25, -0.2) is 0 Å². The van der Waals surface area contributed by atoms with Crippen LogP contribution >= 0.6 is 0 Å². The van der Waals surface area contributed by atoms with Crippen LogP contribution in [0.4, 0.5) is 4.39 Å². The molecule has 0 fully saturated rings. The van der Waals surface area contributed by atoms with Crippen molar-refractivity contribution in [2.75, 3.05) is 7.11 Å². The molecule has 16 heavy (non-hydrogen) atoms. The van der Waals surface area contributed by atoms with Crippen molar-refractivity contribution in [2.45, 2.75) is 0 Å². The SMILES string of the molecule is COc1ccc2c(oc3ccccc32)c1F. The minimum atomic E-state index is -0.448. The fourth-order valence-electron chi connectivity index (χ4n) is 1.90. The number of hydrogen-bond acceptors (Lipinski definition) is 2. The smallest absolute Gasteiger partial charge is 0.208 e. The Labute approximate surface area is 91.2 Å². The van der Waals surface area contributed by atoms with Gasteiger partial charge in [-0.15, -0.1) is 0 Å². The first-order chi connectivity index (χ1) is 7.81. The van der Waals surface area contributed by atoms with E-state index in [0.29, 0.717) is 5.58 Å². The van der Waals surface area contributed by atoms with Gasteiger partial charge in [-0.3, -0.25) is 0 Å². The molecule has 0 aliphatic carbocycles. The topological polar surface area (TPSA) is 22.4 Å². The summed E-state index contributed by atoms with van der Waals surface area (Å²) < 4.78 is 24.3. The summed E-state index contributed by atoms with van der Waals surface area (Å²) >= 11 is 0. The molecule has 1 heterocycles. The predicted octanol–water partition coefficient (Wildman–Crippen LogP) is 3.73. The minimum absolute atomic E-state index is 0.201. The van der Waals surface area contributed by atoms with Gasteiger partial charge in [0.05, 0.1) is 7.11 Å². The molecule has 3 aromatic rings. The van der Waals surface area contributed by atoms with Crippen molar-refractivity contribution >= 4 is 21.9 Å². The number of para-hydroxylation sites is 1. The van der Waals surface area contributed by atoms with E-state index < -0.39 is 5.82 Å². The van der Waals surface area contributed by atoms with Gasteiger partial charge in [-0.2, -0.15) is 4.39 Å². The van der Waals surface area contributed by atoms with Gasteiger partial charge >= 0.3 is 0 Å². The van der Waals surface area contributed by atoms with Gasteiger partial charge in [0.1, 0.15) is 5.58 Å². The number of benzene rings is 2. The quantitative estimate of drug-likeness (QED) is 0.618. The van der Waals surface area contributed by atoms with E-state index in [2.05, 4.69) is 0 Å². The van der Waals surface area contributed by atoms with E-state index in [9.17, 15) is 4.39 Å². The number of methoxy groups -OCH3 is 1. The fourth-order valence-corrected chi connectivity index (χ4v) is 1.90. The lowest BCUT2D eigenvalue weighted by atomic mass is 10.1. The highest BCUT2D eigenvalue weighted by molar-refractivity contribution is 6.05. The third-order valence-corrected chi connectivity index (χ3v) is 2.67. The normalized spacial score (nSPS) is 11.1. The Kier molecular flexibility index (Phi) is 1.86. The summed E-state index contributed by atoms with van der Waals surface area (Å²) in [7, 11) is 1.44. The number of hydrogen-bond donors (Lipinski definition) is 0. The van der Waals surface area contributed by atoms with Crippen molar-refractivity contribution in [1.82, 2.24) is 0 Å². The van der Waals surface area contributed by atoms with Gasteiger partial charge in [0, 0.05) is 10.8 Å². The zero-order valence-corrected chi connectivity index (χ0v) is 8.66. The van der Waals surface area contributed by atoms with Crippen LogP contribution in [-0.4, -0.2) is 7.11 Å².